The second kappa shape index (κ2) is 2.74. The van der Waals surface area contributed by atoms with Crippen LogP contribution in [0.2, 0.25) is 8.80 Å². The van der Waals surface area contributed by atoms with Crippen LogP contribution in [0.4, 0.5) is 0 Å². The number of aromatic nitrogens is 1. The Morgan fingerprint density at radius 2 is 2.20 bits per heavy atom. The zero-order valence-electron chi connectivity index (χ0n) is 4.47. The largest absolute Gasteiger partial charge is 0.476 e. The van der Waals surface area contributed by atoms with Crippen molar-refractivity contribution in [1.82, 2.24) is 4.98 Å². The first kappa shape index (κ1) is 7.78. The monoisotopic (exact) mass is 197 g/mol. The predicted octanol–water partition coefficient (Wildman–Crippen LogP) is 2.15. The molecule has 0 amide bonds. The molecule has 1 aromatic heterocycles. The van der Waals surface area contributed by atoms with E-state index in [1.54, 1.807) is 0 Å². The number of nitrogens with zero attached hydrogens (tertiary/aromatic N) is 1. The zero-order chi connectivity index (χ0) is 7.72. The maximum absolute atomic E-state index is 10.2. The molecule has 1 heterocycles. The highest BCUT2D eigenvalue weighted by molar-refractivity contribution is 7.19. The van der Waals surface area contributed by atoms with Crippen molar-refractivity contribution in [3.05, 3.63) is 14.5 Å². The molecular formula is C4HCl2NO2S. The second-order valence-corrected chi connectivity index (χ2v) is 3.58. The minimum Gasteiger partial charge on any atom is -0.476 e. The lowest BCUT2D eigenvalue weighted by atomic mass is 10.5. The molecule has 0 unspecified atom stereocenters. The summed E-state index contributed by atoms with van der Waals surface area (Å²) in [5, 5.41) is 8.38. The number of carboxylic acid groups (broad SMARTS) is 1. The molecule has 0 aliphatic heterocycles. The van der Waals surface area contributed by atoms with E-state index in [2.05, 4.69) is 4.98 Å². The van der Waals surface area contributed by atoms with Crippen molar-refractivity contribution < 1.29 is 9.90 Å². The van der Waals surface area contributed by atoms with Crippen LogP contribution in [-0.2, 0) is 0 Å². The number of rotatable bonds is 1. The summed E-state index contributed by atoms with van der Waals surface area (Å²) >= 11 is 11.7. The third-order valence-electron chi connectivity index (χ3n) is 0.762. The molecule has 10 heavy (non-hydrogen) atoms. The van der Waals surface area contributed by atoms with Crippen molar-refractivity contribution in [2.45, 2.75) is 0 Å². The van der Waals surface area contributed by atoms with Gasteiger partial charge in [-0.1, -0.05) is 34.5 Å². The van der Waals surface area contributed by atoms with Crippen LogP contribution in [0.3, 0.4) is 0 Å². The van der Waals surface area contributed by atoms with E-state index in [0.717, 1.165) is 11.3 Å². The normalized spacial score (nSPS) is 9.80. The first-order chi connectivity index (χ1) is 4.61. The zero-order valence-corrected chi connectivity index (χ0v) is 6.80. The van der Waals surface area contributed by atoms with E-state index in [4.69, 9.17) is 28.3 Å². The molecule has 1 aromatic rings. The highest BCUT2D eigenvalue weighted by atomic mass is 35.5. The van der Waals surface area contributed by atoms with Gasteiger partial charge in [-0.25, -0.2) is 9.78 Å². The topological polar surface area (TPSA) is 50.2 Å². The number of hydrogen-bond donors (Lipinski definition) is 1. The van der Waals surface area contributed by atoms with E-state index >= 15 is 0 Å². The molecule has 0 aliphatic rings. The highest BCUT2D eigenvalue weighted by Gasteiger charge is 2.13. The Morgan fingerprint density at radius 1 is 1.60 bits per heavy atom. The average Bonchev–Trinajstić information content (AvgIpc) is 2.10. The van der Waals surface area contributed by atoms with Crippen LogP contribution in [0.15, 0.2) is 0 Å². The van der Waals surface area contributed by atoms with E-state index in [-0.39, 0.29) is 14.5 Å². The molecule has 0 saturated carbocycles. The van der Waals surface area contributed by atoms with Crippen molar-refractivity contribution in [3.8, 4) is 0 Å². The maximum atomic E-state index is 10.2. The molecule has 0 bridgehead atoms. The summed E-state index contributed by atoms with van der Waals surface area (Å²) in [6.07, 6.45) is 0. The van der Waals surface area contributed by atoms with Gasteiger partial charge in [0.05, 0.1) is 0 Å². The Labute approximate surface area is 70.2 Å². The SMILES string of the molecule is O=C(O)c1nc(Cl)sc1Cl. The van der Waals surface area contributed by atoms with Crippen LogP contribution in [-0.4, -0.2) is 16.1 Å². The van der Waals surface area contributed by atoms with Gasteiger partial charge in [0.2, 0.25) is 0 Å². The Morgan fingerprint density at radius 3 is 2.40 bits per heavy atom. The molecule has 0 radical (unpaired) electrons. The molecule has 0 atom stereocenters. The van der Waals surface area contributed by atoms with Crippen molar-refractivity contribution in [1.29, 1.82) is 0 Å². The third kappa shape index (κ3) is 1.39. The molecule has 3 nitrogen and oxygen atoms in total. The summed E-state index contributed by atoms with van der Waals surface area (Å²) in [5.41, 5.74) is -0.184. The minimum atomic E-state index is -1.16. The van der Waals surface area contributed by atoms with Gasteiger partial charge in [0.15, 0.2) is 10.2 Å². The maximum Gasteiger partial charge on any atom is 0.357 e. The van der Waals surface area contributed by atoms with E-state index in [0.29, 0.717) is 0 Å². The highest BCUT2D eigenvalue weighted by Crippen LogP contribution is 2.27. The van der Waals surface area contributed by atoms with Crippen LogP contribution in [0, 0.1) is 0 Å². The van der Waals surface area contributed by atoms with Crippen molar-refractivity contribution in [3.63, 3.8) is 0 Å². The van der Waals surface area contributed by atoms with Gasteiger partial charge in [0.25, 0.3) is 0 Å². The Kier molecular flexibility index (Phi) is 2.13. The molecular weight excluding hydrogens is 197 g/mol. The van der Waals surface area contributed by atoms with Crippen molar-refractivity contribution >= 4 is 40.5 Å². The summed E-state index contributed by atoms with van der Waals surface area (Å²) in [4.78, 5) is 13.7. The van der Waals surface area contributed by atoms with Crippen LogP contribution in [0.5, 0.6) is 0 Å². The fourth-order valence-corrected chi connectivity index (χ4v) is 1.70. The Hall–Kier alpha value is -0.320. The van der Waals surface area contributed by atoms with Crippen LogP contribution < -0.4 is 0 Å². The van der Waals surface area contributed by atoms with E-state index in [1.807, 2.05) is 0 Å². The predicted molar refractivity (Wildman–Crippen MR) is 39.1 cm³/mol. The molecule has 0 aromatic carbocycles. The Bertz CT molecular complexity index is 272. The minimum absolute atomic E-state index is 0.109. The number of carboxylic acids is 1. The van der Waals surface area contributed by atoms with Gasteiger partial charge >= 0.3 is 5.97 Å². The smallest absolute Gasteiger partial charge is 0.357 e. The lowest BCUT2D eigenvalue weighted by molar-refractivity contribution is 0.0691. The van der Waals surface area contributed by atoms with Crippen LogP contribution >= 0.6 is 34.5 Å². The number of hydrogen-bond acceptors (Lipinski definition) is 3. The summed E-state index contributed by atoms with van der Waals surface area (Å²) in [5.74, 6) is -1.16. The molecule has 6 heteroatoms. The van der Waals surface area contributed by atoms with Crippen LogP contribution in [0.1, 0.15) is 10.5 Å². The summed E-state index contributed by atoms with van der Waals surface area (Å²) in [6.45, 7) is 0. The van der Waals surface area contributed by atoms with Gasteiger partial charge < -0.3 is 5.11 Å². The van der Waals surface area contributed by atoms with Crippen molar-refractivity contribution in [2.24, 2.45) is 0 Å². The number of thiazole rings is 1. The van der Waals surface area contributed by atoms with Gasteiger partial charge in [-0.2, -0.15) is 0 Å². The van der Waals surface area contributed by atoms with Gasteiger partial charge in [-0.15, -0.1) is 0 Å². The van der Waals surface area contributed by atoms with Gasteiger partial charge in [-0.05, 0) is 0 Å². The second-order valence-electron chi connectivity index (χ2n) is 1.39. The standard InChI is InChI=1S/C4HCl2NO2S/c5-2-1(3(8)9)7-4(6)10-2/h(H,8,9). The first-order valence-electron chi connectivity index (χ1n) is 2.16. The molecule has 1 rings (SSSR count). The third-order valence-corrected chi connectivity index (χ3v) is 2.12. The molecule has 1 N–H and O–H groups in total. The van der Waals surface area contributed by atoms with E-state index < -0.39 is 5.97 Å². The van der Waals surface area contributed by atoms with E-state index in [9.17, 15) is 4.79 Å². The molecule has 54 valence electrons. The fraction of sp³-hybridized carbons (Fsp3) is 0. The summed E-state index contributed by atoms with van der Waals surface area (Å²) in [7, 11) is 0. The number of aromatic carboxylic acids is 1. The number of halogens is 2. The van der Waals surface area contributed by atoms with Gasteiger partial charge in [0, 0.05) is 0 Å². The number of carbonyl (C=O) groups is 1. The van der Waals surface area contributed by atoms with Crippen LogP contribution in [0.25, 0.3) is 0 Å². The fourth-order valence-electron chi connectivity index (χ4n) is 0.409. The Balaban J connectivity index is 3.15. The molecule has 0 saturated heterocycles. The quantitative estimate of drug-likeness (QED) is 0.751. The average molecular weight is 198 g/mol. The molecule has 0 spiro atoms. The summed E-state index contributed by atoms with van der Waals surface area (Å²) < 4.78 is 0.250. The summed E-state index contributed by atoms with van der Waals surface area (Å²) in [6, 6.07) is 0. The lowest BCUT2D eigenvalue weighted by Gasteiger charge is -1.82. The molecule has 0 fully saturated rings. The first-order valence-corrected chi connectivity index (χ1v) is 3.73. The lowest BCUT2D eigenvalue weighted by Crippen LogP contribution is -1.96. The van der Waals surface area contributed by atoms with Gasteiger partial charge in [0.1, 0.15) is 4.34 Å². The van der Waals surface area contributed by atoms with Crippen molar-refractivity contribution in [2.75, 3.05) is 0 Å². The van der Waals surface area contributed by atoms with Gasteiger partial charge in [-0.3, -0.25) is 0 Å². The van der Waals surface area contributed by atoms with E-state index in [1.165, 1.54) is 0 Å². The molecule has 0 aliphatic carbocycles.